The molecule has 1 aromatic rings. The number of sulfone groups is 1. The van der Waals surface area contributed by atoms with E-state index < -0.39 is 14.6 Å². The van der Waals surface area contributed by atoms with Crippen LogP contribution in [0.3, 0.4) is 0 Å². The lowest BCUT2D eigenvalue weighted by Gasteiger charge is -2.22. The Hall–Kier alpha value is -0.890. The third kappa shape index (κ3) is 3.81. The SMILES string of the molecule is CC(C)(CNc1nc(N)cc(Br)n1)S(C)(=O)=O. The second kappa shape index (κ2) is 4.77. The maximum Gasteiger partial charge on any atom is 0.225 e. The Morgan fingerprint density at radius 2 is 2.06 bits per heavy atom. The highest BCUT2D eigenvalue weighted by atomic mass is 79.9. The van der Waals surface area contributed by atoms with Gasteiger partial charge in [-0.2, -0.15) is 4.98 Å². The number of halogens is 1. The summed E-state index contributed by atoms with van der Waals surface area (Å²) < 4.78 is 22.6. The topological polar surface area (TPSA) is 98.0 Å². The maximum atomic E-state index is 11.5. The summed E-state index contributed by atoms with van der Waals surface area (Å²) in [5, 5.41) is 2.86. The van der Waals surface area contributed by atoms with Gasteiger partial charge in [0.2, 0.25) is 5.95 Å². The Morgan fingerprint density at radius 3 is 2.53 bits per heavy atom. The van der Waals surface area contributed by atoms with Gasteiger partial charge in [0.05, 0.1) is 4.75 Å². The molecule has 0 aromatic carbocycles. The molecule has 1 aromatic heterocycles. The number of hydrogen-bond acceptors (Lipinski definition) is 6. The van der Waals surface area contributed by atoms with Crippen molar-refractivity contribution in [2.24, 2.45) is 0 Å². The standard InChI is InChI=1S/C9H15BrN4O2S/c1-9(2,17(3,15)16)5-12-8-13-6(10)4-7(11)14-8/h4H,5H2,1-3H3,(H3,11,12,13,14). The Kier molecular flexibility index (Phi) is 3.98. The van der Waals surface area contributed by atoms with Crippen molar-refractivity contribution in [1.82, 2.24) is 9.97 Å². The van der Waals surface area contributed by atoms with Gasteiger partial charge < -0.3 is 11.1 Å². The summed E-state index contributed by atoms with van der Waals surface area (Å²) in [7, 11) is -3.15. The van der Waals surface area contributed by atoms with E-state index >= 15 is 0 Å². The molecule has 0 saturated carbocycles. The van der Waals surface area contributed by atoms with Crippen LogP contribution in [0, 0.1) is 0 Å². The molecule has 0 aliphatic carbocycles. The molecule has 0 spiro atoms. The molecule has 8 heteroatoms. The molecular weight excluding hydrogens is 308 g/mol. The van der Waals surface area contributed by atoms with Gasteiger partial charge in [0.1, 0.15) is 10.4 Å². The number of nitrogens with one attached hydrogen (secondary N) is 1. The van der Waals surface area contributed by atoms with Crippen molar-refractivity contribution < 1.29 is 8.42 Å². The summed E-state index contributed by atoms with van der Waals surface area (Å²) in [6.45, 7) is 3.48. The first kappa shape index (κ1) is 14.2. The molecule has 0 amide bonds. The van der Waals surface area contributed by atoms with Gasteiger partial charge in [0.15, 0.2) is 9.84 Å². The molecule has 1 rings (SSSR count). The van der Waals surface area contributed by atoms with Crippen LogP contribution in [-0.4, -0.2) is 35.9 Å². The number of nitrogens with two attached hydrogens (primary N) is 1. The van der Waals surface area contributed by atoms with E-state index in [0.717, 1.165) is 0 Å². The fourth-order valence-corrected chi connectivity index (χ4v) is 1.67. The Morgan fingerprint density at radius 1 is 1.47 bits per heavy atom. The van der Waals surface area contributed by atoms with Gasteiger partial charge in [-0.05, 0) is 29.8 Å². The quantitative estimate of drug-likeness (QED) is 0.804. The molecule has 0 radical (unpaired) electrons. The Balaban J connectivity index is 2.81. The largest absolute Gasteiger partial charge is 0.383 e. The van der Waals surface area contributed by atoms with E-state index in [4.69, 9.17) is 5.73 Å². The van der Waals surface area contributed by atoms with E-state index in [0.29, 0.717) is 16.4 Å². The van der Waals surface area contributed by atoms with Crippen molar-refractivity contribution in [1.29, 1.82) is 0 Å². The van der Waals surface area contributed by atoms with E-state index in [1.807, 2.05) is 0 Å². The lowest BCUT2D eigenvalue weighted by Crippen LogP contribution is -2.38. The van der Waals surface area contributed by atoms with Crippen molar-refractivity contribution in [2.45, 2.75) is 18.6 Å². The molecular formula is C9H15BrN4O2S. The molecule has 0 unspecified atom stereocenters. The van der Waals surface area contributed by atoms with E-state index in [1.54, 1.807) is 19.9 Å². The van der Waals surface area contributed by atoms with E-state index in [2.05, 4.69) is 31.2 Å². The Bertz CT molecular complexity index is 495. The number of nitrogens with zero attached hydrogens (tertiary/aromatic N) is 2. The van der Waals surface area contributed by atoms with Gasteiger partial charge in [-0.1, -0.05) is 0 Å². The molecule has 0 aliphatic rings. The highest BCUT2D eigenvalue weighted by Gasteiger charge is 2.30. The minimum absolute atomic E-state index is 0.210. The van der Waals surface area contributed by atoms with Crippen LogP contribution in [0.5, 0.6) is 0 Å². The maximum absolute atomic E-state index is 11.5. The van der Waals surface area contributed by atoms with Gasteiger partial charge in [-0.25, -0.2) is 13.4 Å². The first-order chi connectivity index (χ1) is 7.62. The van der Waals surface area contributed by atoms with Crippen molar-refractivity contribution in [3.05, 3.63) is 10.7 Å². The van der Waals surface area contributed by atoms with Gasteiger partial charge in [-0.15, -0.1) is 0 Å². The van der Waals surface area contributed by atoms with Crippen LogP contribution in [0.4, 0.5) is 11.8 Å². The molecule has 96 valence electrons. The van der Waals surface area contributed by atoms with Crippen molar-refractivity contribution in [2.75, 3.05) is 23.9 Å². The Labute approximate surface area is 109 Å². The molecule has 1 heterocycles. The number of rotatable bonds is 4. The second-order valence-corrected chi connectivity index (χ2v) is 7.79. The summed E-state index contributed by atoms with van der Waals surface area (Å²) in [5.41, 5.74) is 5.55. The number of hydrogen-bond donors (Lipinski definition) is 2. The summed E-state index contributed by atoms with van der Waals surface area (Å²) in [5.74, 6) is 0.611. The minimum atomic E-state index is -3.15. The molecule has 3 N–H and O–H groups in total. The minimum Gasteiger partial charge on any atom is -0.383 e. The monoisotopic (exact) mass is 322 g/mol. The van der Waals surface area contributed by atoms with Crippen LogP contribution in [0.25, 0.3) is 0 Å². The molecule has 0 saturated heterocycles. The molecule has 6 nitrogen and oxygen atoms in total. The first-order valence-corrected chi connectivity index (χ1v) is 7.54. The highest BCUT2D eigenvalue weighted by Crippen LogP contribution is 2.17. The number of aromatic nitrogens is 2. The zero-order valence-corrected chi connectivity index (χ0v) is 12.3. The van der Waals surface area contributed by atoms with Crippen LogP contribution in [0.15, 0.2) is 10.7 Å². The first-order valence-electron chi connectivity index (χ1n) is 4.85. The van der Waals surface area contributed by atoms with E-state index in [-0.39, 0.29) is 6.54 Å². The lowest BCUT2D eigenvalue weighted by molar-refractivity contribution is 0.559. The lowest BCUT2D eigenvalue weighted by atomic mass is 10.2. The fraction of sp³-hybridized carbons (Fsp3) is 0.556. The third-order valence-electron chi connectivity index (χ3n) is 2.39. The van der Waals surface area contributed by atoms with Crippen LogP contribution in [-0.2, 0) is 9.84 Å². The predicted molar refractivity (Wildman–Crippen MR) is 71.6 cm³/mol. The second-order valence-electron chi connectivity index (χ2n) is 4.32. The zero-order valence-electron chi connectivity index (χ0n) is 9.86. The average Bonchev–Trinajstić information content (AvgIpc) is 2.11. The van der Waals surface area contributed by atoms with Crippen LogP contribution >= 0.6 is 15.9 Å². The van der Waals surface area contributed by atoms with Gasteiger partial charge >= 0.3 is 0 Å². The molecule has 0 aliphatic heterocycles. The third-order valence-corrected chi connectivity index (χ3v) is 4.95. The fourth-order valence-electron chi connectivity index (χ4n) is 0.937. The van der Waals surface area contributed by atoms with Crippen molar-refractivity contribution in [3.8, 4) is 0 Å². The molecule has 0 fully saturated rings. The molecule has 17 heavy (non-hydrogen) atoms. The molecule has 0 bridgehead atoms. The van der Waals surface area contributed by atoms with Crippen LogP contribution in [0.1, 0.15) is 13.8 Å². The van der Waals surface area contributed by atoms with E-state index in [9.17, 15) is 8.42 Å². The zero-order chi connectivity index (χ0) is 13.3. The van der Waals surface area contributed by atoms with E-state index in [1.165, 1.54) is 6.26 Å². The van der Waals surface area contributed by atoms with Crippen LogP contribution in [0.2, 0.25) is 0 Å². The van der Waals surface area contributed by atoms with Gasteiger partial charge in [0.25, 0.3) is 0 Å². The smallest absolute Gasteiger partial charge is 0.225 e. The predicted octanol–water partition coefficient (Wildman–Crippen LogP) is 1.06. The summed E-state index contributed by atoms with van der Waals surface area (Å²) in [6, 6.07) is 1.56. The number of anilines is 2. The highest BCUT2D eigenvalue weighted by molar-refractivity contribution is 9.10. The average molecular weight is 323 g/mol. The van der Waals surface area contributed by atoms with Crippen LogP contribution < -0.4 is 11.1 Å². The molecule has 0 atom stereocenters. The summed E-state index contributed by atoms with van der Waals surface area (Å²) >= 11 is 3.18. The van der Waals surface area contributed by atoms with Crippen molar-refractivity contribution >= 4 is 37.5 Å². The van der Waals surface area contributed by atoms with Gasteiger partial charge in [0, 0.05) is 18.9 Å². The normalized spacial score (nSPS) is 12.5. The number of nitrogen functional groups attached to an aromatic ring is 1. The van der Waals surface area contributed by atoms with Crippen molar-refractivity contribution in [3.63, 3.8) is 0 Å². The summed E-state index contributed by atoms with van der Waals surface area (Å²) in [4.78, 5) is 7.99. The summed E-state index contributed by atoms with van der Waals surface area (Å²) in [6.07, 6.45) is 1.20. The van der Waals surface area contributed by atoms with Gasteiger partial charge in [-0.3, -0.25) is 0 Å².